The molecule has 1 saturated carbocycles. The summed E-state index contributed by atoms with van der Waals surface area (Å²) in [6.07, 6.45) is 5.42. The average molecular weight is 375 g/mol. The zero-order valence-corrected chi connectivity index (χ0v) is 15.4. The van der Waals surface area contributed by atoms with Crippen molar-refractivity contribution in [2.45, 2.75) is 50.3 Å². The molecule has 0 radical (unpaired) electrons. The van der Waals surface area contributed by atoms with Gasteiger partial charge in [0.15, 0.2) is 0 Å². The number of carbonyl (C=O) groups is 2. The van der Waals surface area contributed by atoms with Gasteiger partial charge in [-0.3, -0.25) is 9.59 Å². The number of benzene rings is 1. The van der Waals surface area contributed by atoms with Gasteiger partial charge in [-0.15, -0.1) is 5.10 Å². The van der Waals surface area contributed by atoms with Crippen LogP contribution in [0.5, 0.6) is 0 Å². The molecule has 0 aliphatic heterocycles. The molecule has 0 bridgehead atoms. The first kappa shape index (κ1) is 18.4. The van der Waals surface area contributed by atoms with Crippen LogP contribution in [0.1, 0.15) is 39.0 Å². The van der Waals surface area contributed by atoms with E-state index in [9.17, 15) is 9.59 Å². The highest BCUT2D eigenvalue weighted by molar-refractivity contribution is 7.99. The van der Waals surface area contributed by atoms with Crippen LogP contribution in [0.15, 0.2) is 29.4 Å². The molecule has 1 aromatic heterocycles. The highest BCUT2D eigenvalue weighted by atomic mass is 32.2. The molecule has 1 aliphatic rings. The molecule has 1 aliphatic carbocycles. The van der Waals surface area contributed by atoms with Crippen molar-refractivity contribution in [3.63, 3.8) is 0 Å². The van der Waals surface area contributed by atoms with Crippen molar-refractivity contribution in [1.82, 2.24) is 20.2 Å². The Morgan fingerprint density at radius 3 is 2.65 bits per heavy atom. The molecule has 138 valence electrons. The second kappa shape index (κ2) is 8.79. The number of nitrogens with zero attached hydrogens (tertiary/aromatic N) is 4. The molecule has 0 unspecified atom stereocenters. The quantitative estimate of drug-likeness (QED) is 0.612. The first-order valence-electron chi connectivity index (χ1n) is 8.60. The third-order valence-electron chi connectivity index (χ3n) is 4.04. The SMILES string of the molecule is CC(=O)Nc1ccc(-n2nnnc2SCC(=O)OC2CCCCC2)cc1. The van der Waals surface area contributed by atoms with Crippen molar-refractivity contribution >= 4 is 29.3 Å². The normalized spacial score (nSPS) is 14.8. The summed E-state index contributed by atoms with van der Waals surface area (Å²) in [7, 11) is 0. The predicted molar refractivity (Wildman–Crippen MR) is 97.1 cm³/mol. The molecule has 2 aromatic rings. The zero-order chi connectivity index (χ0) is 18.4. The molecule has 1 fully saturated rings. The number of nitrogens with one attached hydrogen (secondary N) is 1. The minimum Gasteiger partial charge on any atom is -0.462 e. The number of rotatable bonds is 6. The number of aromatic nitrogens is 4. The molecule has 0 saturated heterocycles. The molecule has 3 rings (SSSR count). The number of ether oxygens (including phenoxy) is 1. The highest BCUT2D eigenvalue weighted by Gasteiger charge is 2.19. The Morgan fingerprint density at radius 1 is 1.23 bits per heavy atom. The first-order valence-corrected chi connectivity index (χ1v) is 9.59. The van der Waals surface area contributed by atoms with Gasteiger partial charge in [0.25, 0.3) is 0 Å². The molecular weight excluding hydrogens is 354 g/mol. The van der Waals surface area contributed by atoms with Gasteiger partial charge in [0.2, 0.25) is 11.1 Å². The molecule has 8 nitrogen and oxygen atoms in total. The van der Waals surface area contributed by atoms with E-state index < -0.39 is 0 Å². The summed E-state index contributed by atoms with van der Waals surface area (Å²) in [5, 5.41) is 14.8. The topological polar surface area (TPSA) is 99.0 Å². The number of hydrogen-bond donors (Lipinski definition) is 1. The van der Waals surface area contributed by atoms with Crippen LogP contribution in [0.3, 0.4) is 0 Å². The van der Waals surface area contributed by atoms with Crippen LogP contribution in [-0.2, 0) is 14.3 Å². The standard InChI is InChI=1S/C17H21N5O3S/c1-12(23)18-13-7-9-14(10-8-13)22-17(19-20-21-22)26-11-16(24)25-15-5-3-2-4-6-15/h7-10,15H,2-6,11H2,1H3,(H,18,23). The maximum Gasteiger partial charge on any atom is 0.316 e. The lowest BCUT2D eigenvalue weighted by Gasteiger charge is -2.21. The first-order chi connectivity index (χ1) is 12.6. The lowest BCUT2D eigenvalue weighted by atomic mass is 9.98. The smallest absolute Gasteiger partial charge is 0.316 e. The predicted octanol–water partition coefficient (Wildman–Crippen LogP) is 2.59. The number of hydrogen-bond acceptors (Lipinski definition) is 7. The van der Waals surface area contributed by atoms with Gasteiger partial charge >= 0.3 is 5.97 Å². The molecular formula is C17H21N5O3S. The van der Waals surface area contributed by atoms with Crippen molar-refractivity contribution in [3.8, 4) is 5.69 Å². The van der Waals surface area contributed by atoms with Gasteiger partial charge in [-0.2, -0.15) is 4.68 Å². The van der Waals surface area contributed by atoms with Crippen LogP contribution in [0.25, 0.3) is 5.69 Å². The van der Waals surface area contributed by atoms with E-state index in [4.69, 9.17) is 4.74 Å². The summed E-state index contributed by atoms with van der Waals surface area (Å²) in [6.45, 7) is 1.45. The summed E-state index contributed by atoms with van der Waals surface area (Å²) in [5.74, 6) is -0.203. The van der Waals surface area contributed by atoms with E-state index in [1.165, 1.54) is 25.1 Å². The van der Waals surface area contributed by atoms with E-state index in [0.717, 1.165) is 31.4 Å². The summed E-state index contributed by atoms with van der Waals surface area (Å²) in [4.78, 5) is 23.1. The van der Waals surface area contributed by atoms with E-state index in [0.29, 0.717) is 10.8 Å². The van der Waals surface area contributed by atoms with E-state index in [-0.39, 0.29) is 23.7 Å². The fourth-order valence-corrected chi connectivity index (χ4v) is 3.52. The van der Waals surface area contributed by atoms with Gasteiger partial charge in [0.05, 0.1) is 11.4 Å². The minimum atomic E-state index is -0.238. The number of tetrazole rings is 1. The van der Waals surface area contributed by atoms with Crippen LogP contribution in [0.4, 0.5) is 5.69 Å². The molecule has 0 spiro atoms. The molecule has 26 heavy (non-hydrogen) atoms. The lowest BCUT2D eigenvalue weighted by molar-refractivity contribution is -0.147. The molecule has 0 atom stereocenters. The second-order valence-electron chi connectivity index (χ2n) is 6.14. The fraction of sp³-hybridized carbons (Fsp3) is 0.471. The van der Waals surface area contributed by atoms with Crippen molar-refractivity contribution in [3.05, 3.63) is 24.3 Å². The fourth-order valence-electron chi connectivity index (χ4n) is 2.85. The molecule has 9 heteroatoms. The van der Waals surface area contributed by atoms with E-state index in [1.807, 2.05) is 0 Å². The van der Waals surface area contributed by atoms with Gasteiger partial charge in [0.1, 0.15) is 6.10 Å². The van der Waals surface area contributed by atoms with Crippen LogP contribution in [0.2, 0.25) is 0 Å². The Hall–Kier alpha value is -2.42. The van der Waals surface area contributed by atoms with Crippen LogP contribution in [-0.4, -0.2) is 43.9 Å². The van der Waals surface area contributed by atoms with Gasteiger partial charge < -0.3 is 10.1 Å². The van der Waals surface area contributed by atoms with Gasteiger partial charge in [-0.1, -0.05) is 18.2 Å². The van der Waals surface area contributed by atoms with E-state index >= 15 is 0 Å². The Kier molecular flexibility index (Phi) is 6.21. The number of amides is 1. The maximum atomic E-state index is 12.0. The van der Waals surface area contributed by atoms with Gasteiger partial charge in [0, 0.05) is 12.6 Å². The van der Waals surface area contributed by atoms with Crippen molar-refractivity contribution in [2.75, 3.05) is 11.1 Å². The lowest BCUT2D eigenvalue weighted by Crippen LogP contribution is -2.22. The van der Waals surface area contributed by atoms with Crippen LogP contribution in [0, 0.1) is 0 Å². The minimum absolute atomic E-state index is 0.0502. The van der Waals surface area contributed by atoms with Crippen molar-refractivity contribution in [1.29, 1.82) is 0 Å². The molecule has 1 heterocycles. The average Bonchev–Trinajstić information content (AvgIpc) is 3.09. The largest absolute Gasteiger partial charge is 0.462 e. The summed E-state index contributed by atoms with van der Waals surface area (Å²) in [5.41, 5.74) is 1.44. The number of anilines is 1. The molecule has 1 aromatic carbocycles. The Morgan fingerprint density at radius 2 is 1.96 bits per heavy atom. The summed E-state index contributed by atoms with van der Waals surface area (Å²) in [6, 6.07) is 7.13. The van der Waals surface area contributed by atoms with Gasteiger partial charge in [-0.05, 0) is 60.4 Å². The second-order valence-corrected chi connectivity index (χ2v) is 7.08. The number of carbonyl (C=O) groups excluding carboxylic acids is 2. The van der Waals surface area contributed by atoms with Gasteiger partial charge in [-0.25, -0.2) is 0 Å². The van der Waals surface area contributed by atoms with Crippen LogP contribution < -0.4 is 5.32 Å². The third-order valence-corrected chi connectivity index (χ3v) is 4.94. The monoisotopic (exact) mass is 375 g/mol. The van der Waals surface area contributed by atoms with Crippen molar-refractivity contribution < 1.29 is 14.3 Å². The molecule has 1 N–H and O–H groups in total. The maximum absolute atomic E-state index is 12.0. The van der Waals surface area contributed by atoms with Crippen LogP contribution >= 0.6 is 11.8 Å². The highest BCUT2D eigenvalue weighted by Crippen LogP contribution is 2.23. The van der Waals surface area contributed by atoms with E-state index in [2.05, 4.69) is 20.8 Å². The Balaban J connectivity index is 1.57. The Bertz CT molecular complexity index is 756. The van der Waals surface area contributed by atoms with E-state index in [1.54, 1.807) is 28.9 Å². The summed E-state index contributed by atoms with van der Waals surface area (Å²) >= 11 is 1.24. The summed E-state index contributed by atoms with van der Waals surface area (Å²) < 4.78 is 7.06. The van der Waals surface area contributed by atoms with Crippen molar-refractivity contribution in [2.24, 2.45) is 0 Å². The Labute approximate surface area is 155 Å². The zero-order valence-electron chi connectivity index (χ0n) is 14.6. The third kappa shape index (κ3) is 5.04. The number of thioether (sulfide) groups is 1. The molecule has 1 amide bonds. The number of esters is 1.